The third-order valence-corrected chi connectivity index (χ3v) is 2.87. The molecule has 3 nitrogen and oxygen atoms in total. The number of likely N-dealkylation sites (N-methyl/N-ethyl adjacent to an activating group) is 1. The first kappa shape index (κ1) is 12.1. The second kappa shape index (κ2) is 4.28. The lowest BCUT2D eigenvalue weighted by Gasteiger charge is -2.05. The molecule has 0 saturated heterocycles. The van der Waals surface area contributed by atoms with Crippen molar-refractivity contribution in [1.82, 2.24) is 10.3 Å². The molecule has 0 aliphatic carbocycles. The van der Waals surface area contributed by atoms with Gasteiger partial charge in [0.2, 0.25) is 0 Å². The Kier molecular flexibility index (Phi) is 3.46. The van der Waals surface area contributed by atoms with E-state index in [0.29, 0.717) is 11.3 Å². The fraction of sp³-hybridized carbons (Fsp3) is 0.500. The minimum absolute atomic E-state index is 0.0178. The maximum Gasteiger partial charge on any atom is 0.443 e. The van der Waals surface area contributed by atoms with E-state index in [1.807, 2.05) is 0 Å². The van der Waals surface area contributed by atoms with Crippen LogP contribution in [-0.2, 0) is 6.18 Å². The van der Waals surface area contributed by atoms with Gasteiger partial charge in [0.25, 0.3) is 0 Å². The SMILES string of the molecule is CNC(C)C(=O)c1cnc(C(F)(F)F)s1. The summed E-state index contributed by atoms with van der Waals surface area (Å²) in [7, 11) is 1.56. The zero-order chi connectivity index (χ0) is 11.6. The molecule has 1 heterocycles. The topological polar surface area (TPSA) is 42.0 Å². The Morgan fingerprint density at radius 3 is 2.60 bits per heavy atom. The van der Waals surface area contributed by atoms with Gasteiger partial charge >= 0.3 is 6.18 Å². The number of thiazole rings is 1. The minimum Gasteiger partial charge on any atom is -0.310 e. The summed E-state index contributed by atoms with van der Waals surface area (Å²) in [6.45, 7) is 1.58. The monoisotopic (exact) mass is 238 g/mol. The van der Waals surface area contributed by atoms with Gasteiger partial charge in [-0.2, -0.15) is 13.2 Å². The normalized spacial score (nSPS) is 13.9. The molecule has 1 aromatic rings. The van der Waals surface area contributed by atoms with Crippen molar-refractivity contribution in [3.63, 3.8) is 0 Å². The molecule has 0 amide bonds. The van der Waals surface area contributed by atoms with Gasteiger partial charge in [0.1, 0.15) is 0 Å². The maximum absolute atomic E-state index is 12.2. The standard InChI is InChI=1S/C8H9F3N2OS/c1-4(12-2)6(14)5-3-13-7(15-5)8(9,10)11/h3-4,12H,1-2H3. The van der Waals surface area contributed by atoms with E-state index in [-0.39, 0.29) is 10.7 Å². The number of halogens is 3. The Balaban J connectivity index is 2.90. The highest BCUT2D eigenvalue weighted by molar-refractivity contribution is 7.13. The average molecular weight is 238 g/mol. The lowest BCUT2D eigenvalue weighted by molar-refractivity contribution is -0.137. The molecule has 0 radical (unpaired) electrons. The number of Topliss-reactive ketones (excluding diaryl/α,β-unsaturated/α-hetero) is 1. The van der Waals surface area contributed by atoms with Gasteiger partial charge in [0, 0.05) is 6.20 Å². The predicted octanol–water partition coefficient (Wildman–Crippen LogP) is 1.95. The van der Waals surface area contributed by atoms with E-state index in [1.165, 1.54) is 0 Å². The van der Waals surface area contributed by atoms with Gasteiger partial charge in [-0.3, -0.25) is 4.79 Å². The van der Waals surface area contributed by atoms with Crippen molar-refractivity contribution in [1.29, 1.82) is 0 Å². The van der Waals surface area contributed by atoms with Crippen LogP contribution in [0.2, 0.25) is 0 Å². The molecule has 1 unspecified atom stereocenters. The molecule has 1 aromatic heterocycles. The van der Waals surface area contributed by atoms with Gasteiger partial charge < -0.3 is 5.32 Å². The van der Waals surface area contributed by atoms with E-state index in [9.17, 15) is 18.0 Å². The van der Waals surface area contributed by atoms with Crippen molar-refractivity contribution in [2.45, 2.75) is 19.1 Å². The molecule has 0 spiro atoms. The van der Waals surface area contributed by atoms with E-state index < -0.39 is 17.2 Å². The summed E-state index contributed by atoms with van der Waals surface area (Å²) in [5.41, 5.74) is 0. The highest BCUT2D eigenvalue weighted by Gasteiger charge is 2.35. The fourth-order valence-corrected chi connectivity index (χ4v) is 1.68. The summed E-state index contributed by atoms with van der Waals surface area (Å²) in [5, 5.41) is 1.67. The van der Waals surface area contributed by atoms with Crippen LogP contribution in [-0.4, -0.2) is 23.9 Å². The average Bonchev–Trinajstić information content (AvgIpc) is 2.63. The van der Waals surface area contributed by atoms with Crippen LogP contribution < -0.4 is 5.32 Å². The minimum atomic E-state index is -4.48. The molecule has 1 rings (SSSR count). The van der Waals surface area contributed by atoms with Crippen molar-refractivity contribution in [3.8, 4) is 0 Å². The predicted molar refractivity (Wildman–Crippen MR) is 50.0 cm³/mol. The summed E-state index contributed by atoms with van der Waals surface area (Å²) in [6.07, 6.45) is -3.52. The maximum atomic E-state index is 12.2. The Labute approximate surface area is 88.3 Å². The van der Waals surface area contributed by atoms with Gasteiger partial charge in [0.15, 0.2) is 10.8 Å². The van der Waals surface area contributed by atoms with Crippen LogP contribution in [0.25, 0.3) is 0 Å². The second-order valence-electron chi connectivity index (χ2n) is 2.90. The summed E-state index contributed by atoms with van der Waals surface area (Å²) >= 11 is 0.366. The van der Waals surface area contributed by atoms with E-state index in [4.69, 9.17) is 0 Å². The zero-order valence-electron chi connectivity index (χ0n) is 8.05. The van der Waals surface area contributed by atoms with Crippen LogP contribution in [0.5, 0.6) is 0 Å². The highest BCUT2D eigenvalue weighted by atomic mass is 32.1. The van der Waals surface area contributed by atoms with Gasteiger partial charge in [-0.15, -0.1) is 11.3 Å². The van der Waals surface area contributed by atoms with E-state index in [2.05, 4.69) is 10.3 Å². The first-order valence-electron chi connectivity index (χ1n) is 4.10. The first-order valence-corrected chi connectivity index (χ1v) is 4.92. The molecule has 0 saturated carbocycles. The number of carbonyl (C=O) groups is 1. The molecule has 0 aliphatic rings. The van der Waals surface area contributed by atoms with Crippen molar-refractivity contribution in [2.24, 2.45) is 0 Å². The zero-order valence-corrected chi connectivity index (χ0v) is 8.87. The Morgan fingerprint density at radius 2 is 2.20 bits per heavy atom. The molecule has 0 fully saturated rings. The summed E-state index contributed by atoms with van der Waals surface area (Å²) < 4.78 is 36.5. The van der Waals surface area contributed by atoms with Crippen molar-refractivity contribution in [3.05, 3.63) is 16.1 Å². The molecule has 84 valence electrons. The largest absolute Gasteiger partial charge is 0.443 e. The van der Waals surface area contributed by atoms with Crippen LogP contribution in [0.3, 0.4) is 0 Å². The van der Waals surface area contributed by atoms with E-state index >= 15 is 0 Å². The third-order valence-electron chi connectivity index (χ3n) is 1.82. The number of nitrogens with zero attached hydrogens (tertiary/aromatic N) is 1. The van der Waals surface area contributed by atoms with Crippen molar-refractivity contribution >= 4 is 17.1 Å². The number of carbonyl (C=O) groups excluding carboxylic acids is 1. The summed E-state index contributed by atoms with van der Waals surface area (Å²) in [4.78, 5) is 14.6. The molecule has 0 bridgehead atoms. The number of ketones is 1. The summed E-state index contributed by atoms with van der Waals surface area (Å²) in [5.74, 6) is -0.384. The van der Waals surface area contributed by atoms with Crippen LogP contribution in [0.1, 0.15) is 21.6 Å². The molecular formula is C8H9F3N2OS. The Bertz CT molecular complexity index is 361. The van der Waals surface area contributed by atoms with Gasteiger partial charge in [-0.05, 0) is 14.0 Å². The molecule has 1 atom stereocenters. The lowest BCUT2D eigenvalue weighted by Crippen LogP contribution is -2.30. The number of hydrogen-bond donors (Lipinski definition) is 1. The Hall–Kier alpha value is -0.950. The van der Waals surface area contributed by atoms with Gasteiger partial charge in [-0.1, -0.05) is 0 Å². The first-order chi connectivity index (χ1) is 6.86. The smallest absolute Gasteiger partial charge is 0.310 e. The number of nitrogens with one attached hydrogen (secondary N) is 1. The van der Waals surface area contributed by atoms with Crippen LogP contribution >= 0.6 is 11.3 Å². The van der Waals surface area contributed by atoms with Crippen LogP contribution in [0.15, 0.2) is 6.20 Å². The quantitative estimate of drug-likeness (QED) is 0.818. The molecule has 1 N–H and O–H groups in total. The summed E-state index contributed by atoms with van der Waals surface area (Å²) in [6, 6.07) is -0.508. The third kappa shape index (κ3) is 2.75. The van der Waals surface area contributed by atoms with Crippen molar-refractivity contribution in [2.75, 3.05) is 7.05 Å². The number of aromatic nitrogens is 1. The molecule has 15 heavy (non-hydrogen) atoms. The number of hydrogen-bond acceptors (Lipinski definition) is 4. The molecule has 0 aromatic carbocycles. The second-order valence-corrected chi connectivity index (χ2v) is 3.93. The van der Waals surface area contributed by atoms with Crippen LogP contribution in [0.4, 0.5) is 13.2 Å². The van der Waals surface area contributed by atoms with Crippen molar-refractivity contribution < 1.29 is 18.0 Å². The molecule has 0 aliphatic heterocycles. The van der Waals surface area contributed by atoms with Gasteiger partial charge in [0.05, 0.1) is 10.9 Å². The van der Waals surface area contributed by atoms with Gasteiger partial charge in [-0.25, -0.2) is 4.98 Å². The fourth-order valence-electron chi connectivity index (χ4n) is 0.864. The van der Waals surface area contributed by atoms with Crippen LogP contribution in [0, 0.1) is 0 Å². The number of alkyl halides is 3. The highest BCUT2D eigenvalue weighted by Crippen LogP contribution is 2.32. The lowest BCUT2D eigenvalue weighted by atomic mass is 10.2. The van der Waals surface area contributed by atoms with E-state index in [1.54, 1.807) is 14.0 Å². The molecular weight excluding hydrogens is 229 g/mol. The molecule has 7 heteroatoms. The van der Waals surface area contributed by atoms with E-state index in [0.717, 1.165) is 6.20 Å². The Morgan fingerprint density at radius 1 is 1.60 bits per heavy atom. The number of rotatable bonds is 3.